The van der Waals surface area contributed by atoms with E-state index in [1.54, 1.807) is 0 Å². The van der Waals surface area contributed by atoms with Gasteiger partial charge < -0.3 is 25.6 Å². The van der Waals surface area contributed by atoms with Crippen LogP contribution < -0.4 is 10.6 Å². The predicted molar refractivity (Wildman–Crippen MR) is 235 cm³/mol. The molecule has 2 amide bonds. The number of nitrogens with one attached hydrogen (secondary N) is 2. The highest BCUT2D eigenvalue weighted by atomic mass is 16.5. The summed E-state index contributed by atoms with van der Waals surface area (Å²) >= 11 is 0. The quantitative estimate of drug-likeness (QED) is 0.0575. The van der Waals surface area contributed by atoms with Gasteiger partial charge in [0.25, 0.3) is 0 Å². The average Bonchev–Trinajstić information content (AvgIpc) is 3.55. The second-order valence-corrected chi connectivity index (χ2v) is 18.6. The molecule has 1 unspecified atom stereocenters. The van der Waals surface area contributed by atoms with Gasteiger partial charge >= 0.3 is 0 Å². The molecule has 4 rings (SSSR count). The first kappa shape index (κ1) is 47.2. The molecule has 11 atom stereocenters. The molecule has 0 aromatic rings. The Kier molecular flexibility index (Phi) is 20.3. The van der Waals surface area contributed by atoms with Crippen molar-refractivity contribution in [1.82, 2.24) is 10.6 Å². The van der Waals surface area contributed by atoms with Crippen LogP contribution >= 0.6 is 0 Å². The van der Waals surface area contributed by atoms with Crippen molar-refractivity contribution in [3.63, 3.8) is 0 Å². The van der Waals surface area contributed by atoms with E-state index in [1.165, 1.54) is 25.7 Å². The van der Waals surface area contributed by atoms with E-state index in [0.29, 0.717) is 74.7 Å². The molecule has 4 aliphatic carbocycles. The Morgan fingerprint density at radius 2 is 1.28 bits per heavy atom. The Morgan fingerprint density at radius 1 is 0.719 bits per heavy atom. The van der Waals surface area contributed by atoms with Crippen molar-refractivity contribution in [3.05, 3.63) is 60.8 Å². The topological polar surface area (TPSA) is 108 Å². The lowest BCUT2D eigenvalue weighted by molar-refractivity contribution is -0.203. The van der Waals surface area contributed by atoms with Crippen LogP contribution in [0.1, 0.15) is 150 Å². The van der Waals surface area contributed by atoms with Crippen LogP contribution in [-0.4, -0.2) is 60.5 Å². The molecule has 322 valence electrons. The monoisotopic (exact) mass is 791 g/mol. The van der Waals surface area contributed by atoms with Crippen molar-refractivity contribution in [2.75, 3.05) is 26.3 Å². The normalized spacial score (nSPS) is 33.3. The first-order chi connectivity index (χ1) is 27.6. The average molecular weight is 791 g/mol. The number of allylic oxidation sites excluding steroid dienone is 10. The maximum atomic E-state index is 12.8. The smallest absolute Gasteiger partial charge is 0.220 e. The van der Waals surface area contributed by atoms with Crippen LogP contribution in [0.25, 0.3) is 0 Å². The Morgan fingerprint density at radius 3 is 1.89 bits per heavy atom. The SMILES string of the molecule is CCC=CCC=CCC=CCC=CCC=CCCCC(=O)NCCOCCNC(=O)CC[C@@H](C)C1CC[C@H]2[C@@H]3[C@H](O)[C@H](CC)[C@@H]4C[C@@H](O)CC[C@]4(C)[C@H]3CC[C@]12C. The number of ether oxygens (including phenoxy) is 1. The van der Waals surface area contributed by atoms with E-state index in [4.69, 9.17) is 4.74 Å². The zero-order valence-corrected chi connectivity index (χ0v) is 36.6. The lowest BCUT2D eigenvalue weighted by Gasteiger charge is -2.64. The zero-order valence-electron chi connectivity index (χ0n) is 36.6. The summed E-state index contributed by atoms with van der Waals surface area (Å²) in [6.07, 6.45) is 38.7. The highest BCUT2D eigenvalue weighted by Crippen LogP contribution is 2.69. The van der Waals surface area contributed by atoms with Gasteiger partial charge in [-0.3, -0.25) is 9.59 Å². The molecule has 57 heavy (non-hydrogen) atoms. The van der Waals surface area contributed by atoms with E-state index < -0.39 is 0 Å². The van der Waals surface area contributed by atoms with Crippen molar-refractivity contribution >= 4 is 11.8 Å². The van der Waals surface area contributed by atoms with E-state index in [9.17, 15) is 19.8 Å². The largest absolute Gasteiger partial charge is 0.393 e. The number of aliphatic hydroxyl groups excluding tert-OH is 2. The van der Waals surface area contributed by atoms with Crippen molar-refractivity contribution in [2.24, 2.45) is 52.3 Å². The number of hydrogen-bond donors (Lipinski definition) is 4. The van der Waals surface area contributed by atoms with Gasteiger partial charge in [0.2, 0.25) is 11.8 Å². The molecule has 0 spiro atoms. The number of aliphatic hydroxyl groups is 2. The van der Waals surface area contributed by atoms with Crippen molar-refractivity contribution in [2.45, 2.75) is 162 Å². The van der Waals surface area contributed by atoms with Crippen LogP contribution in [0.3, 0.4) is 0 Å². The maximum Gasteiger partial charge on any atom is 0.220 e. The Bertz CT molecular complexity index is 1350. The molecular formula is C50H82N2O5. The van der Waals surface area contributed by atoms with Crippen molar-refractivity contribution in [1.29, 1.82) is 0 Å². The second kappa shape index (κ2) is 24.6. The number of amides is 2. The number of carbonyl (C=O) groups is 2. The van der Waals surface area contributed by atoms with Gasteiger partial charge in [0.15, 0.2) is 0 Å². The highest BCUT2D eigenvalue weighted by Gasteiger charge is 2.64. The standard InChI is InChI=1S/C50H82N2O5/c1-6-8-9-10-11-12-13-14-15-16-17-18-19-20-21-22-23-24-45(54)51-33-35-57-36-34-52-46(55)28-25-38(3)41-26-27-42-47-43(30-32-49(41,42)4)50(5)31-29-39(53)37-44(50)40(7-2)48(47)56/h8-9,11-12,14-15,17-18,20-21,38-44,47-48,53,56H,6-7,10,13,16,19,22-37H2,1-5H3,(H,51,54)(H,52,55)/t38-,39+,40-,41?,42+,43+,44+,47+,48-,49-,50-/m1/s1. The van der Waals surface area contributed by atoms with Gasteiger partial charge in [-0.2, -0.15) is 0 Å². The summed E-state index contributed by atoms with van der Waals surface area (Å²) in [5.41, 5.74) is 0.440. The minimum absolute atomic E-state index is 0.0526. The summed E-state index contributed by atoms with van der Waals surface area (Å²) in [6, 6.07) is 0. The fourth-order valence-electron chi connectivity index (χ4n) is 12.0. The van der Waals surface area contributed by atoms with Crippen LogP contribution in [0, 0.1) is 52.3 Å². The van der Waals surface area contributed by atoms with Crippen molar-refractivity contribution in [3.8, 4) is 0 Å². The van der Waals surface area contributed by atoms with E-state index in [-0.39, 0.29) is 40.8 Å². The molecule has 4 aliphatic rings. The van der Waals surface area contributed by atoms with Crippen LogP contribution in [0.5, 0.6) is 0 Å². The summed E-state index contributed by atoms with van der Waals surface area (Å²) in [7, 11) is 0. The third-order valence-electron chi connectivity index (χ3n) is 15.0. The van der Waals surface area contributed by atoms with Gasteiger partial charge in [-0.05, 0) is 149 Å². The van der Waals surface area contributed by atoms with Crippen molar-refractivity contribution < 1.29 is 24.5 Å². The lowest BCUT2D eigenvalue weighted by atomic mass is 9.41. The maximum absolute atomic E-state index is 12.8. The lowest BCUT2D eigenvalue weighted by Crippen LogP contribution is -2.62. The first-order valence-corrected chi connectivity index (χ1v) is 23.3. The molecule has 4 N–H and O–H groups in total. The van der Waals surface area contributed by atoms with Gasteiger partial charge in [-0.25, -0.2) is 0 Å². The molecule has 4 fully saturated rings. The number of carbonyl (C=O) groups excluding carboxylic acids is 2. The summed E-state index contributed by atoms with van der Waals surface area (Å²) in [5.74, 6) is 3.35. The van der Waals surface area contributed by atoms with Gasteiger partial charge in [0.1, 0.15) is 0 Å². The third-order valence-corrected chi connectivity index (χ3v) is 15.0. The van der Waals surface area contributed by atoms with E-state index in [1.807, 2.05) is 0 Å². The van der Waals surface area contributed by atoms with Crippen LogP contribution in [0.2, 0.25) is 0 Å². The molecule has 0 radical (unpaired) electrons. The number of unbranched alkanes of at least 4 members (excludes halogenated alkanes) is 1. The Labute approximate surface area is 347 Å². The Balaban J connectivity index is 1.01. The van der Waals surface area contributed by atoms with Crippen LogP contribution in [-0.2, 0) is 14.3 Å². The summed E-state index contributed by atoms with van der Waals surface area (Å²) in [6.45, 7) is 13.6. The molecule has 0 aliphatic heterocycles. The summed E-state index contributed by atoms with van der Waals surface area (Å²) in [5, 5.41) is 28.5. The van der Waals surface area contributed by atoms with Crippen LogP contribution in [0.4, 0.5) is 0 Å². The second-order valence-electron chi connectivity index (χ2n) is 18.6. The summed E-state index contributed by atoms with van der Waals surface area (Å²) in [4.78, 5) is 25.0. The molecule has 0 saturated heterocycles. The molecule has 4 saturated carbocycles. The minimum Gasteiger partial charge on any atom is -0.393 e. The molecular weight excluding hydrogens is 709 g/mol. The molecule has 0 heterocycles. The molecule has 7 nitrogen and oxygen atoms in total. The Hall–Kier alpha value is -2.48. The fourth-order valence-corrected chi connectivity index (χ4v) is 12.0. The number of rotatable bonds is 24. The fraction of sp³-hybridized carbons (Fsp3) is 0.760. The van der Waals surface area contributed by atoms with E-state index in [2.05, 4.69) is 106 Å². The summed E-state index contributed by atoms with van der Waals surface area (Å²) < 4.78 is 5.68. The molecule has 0 aromatic heterocycles. The number of fused-ring (bicyclic) bond motifs is 5. The van der Waals surface area contributed by atoms with E-state index in [0.717, 1.165) is 77.0 Å². The van der Waals surface area contributed by atoms with Gasteiger partial charge in [0, 0.05) is 25.9 Å². The zero-order chi connectivity index (χ0) is 41.1. The molecule has 0 aromatic carbocycles. The van der Waals surface area contributed by atoms with Gasteiger partial charge in [-0.15, -0.1) is 0 Å². The predicted octanol–water partition coefficient (Wildman–Crippen LogP) is 10.2. The molecule has 0 bridgehead atoms. The third kappa shape index (κ3) is 13.5. The molecule has 7 heteroatoms. The number of hydrogen-bond acceptors (Lipinski definition) is 5. The van der Waals surface area contributed by atoms with Gasteiger partial charge in [-0.1, -0.05) is 102 Å². The minimum atomic E-state index is -0.267. The highest BCUT2D eigenvalue weighted by molar-refractivity contribution is 5.76. The van der Waals surface area contributed by atoms with Crippen LogP contribution in [0.15, 0.2) is 60.8 Å². The van der Waals surface area contributed by atoms with E-state index >= 15 is 0 Å². The van der Waals surface area contributed by atoms with Gasteiger partial charge in [0.05, 0.1) is 25.4 Å². The first-order valence-electron chi connectivity index (χ1n) is 23.3.